The van der Waals surface area contributed by atoms with Gasteiger partial charge >= 0.3 is 11.9 Å². The summed E-state index contributed by atoms with van der Waals surface area (Å²) in [6.07, 6.45) is 1.59. The Kier molecular flexibility index (Phi) is 4.08. The van der Waals surface area contributed by atoms with Gasteiger partial charge in [0.05, 0.1) is 30.9 Å². The van der Waals surface area contributed by atoms with Gasteiger partial charge in [0, 0.05) is 11.1 Å². The van der Waals surface area contributed by atoms with Gasteiger partial charge in [0.2, 0.25) is 0 Å². The van der Waals surface area contributed by atoms with Crippen LogP contribution < -0.4 is 0 Å². The Morgan fingerprint density at radius 2 is 1.85 bits per heavy atom. The summed E-state index contributed by atoms with van der Waals surface area (Å²) in [7, 11) is 2.68. The molecular weight excluding hydrogens is 258 g/mol. The van der Waals surface area contributed by atoms with Crippen LogP contribution in [0, 0.1) is 0 Å². The fourth-order valence-electron chi connectivity index (χ4n) is 2.32. The number of carbonyl (C=O) groups excluding carboxylic acids is 2. The molecule has 106 valence electrons. The Labute approximate surface area is 116 Å². The highest BCUT2D eigenvalue weighted by molar-refractivity contribution is 6.11. The van der Waals surface area contributed by atoms with Crippen molar-refractivity contribution < 1.29 is 19.1 Å². The van der Waals surface area contributed by atoms with Crippen LogP contribution in [0.4, 0.5) is 0 Å². The van der Waals surface area contributed by atoms with Crippen molar-refractivity contribution in [3.05, 3.63) is 35.0 Å². The number of methoxy groups -OCH3 is 2. The minimum absolute atomic E-state index is 0.401. The van der Waals surface area contributed by atoms with E-state index in [1.807, 2.05) is 6.92 Å². The van der Waals surface area contributed by atoms with Crippen molar-refractivity contribution in [1.29, 1.82) is 0 Å². The topological polar surface area (TPSA) is 68.4 Å². The molecule has 0 saturated heterocycles. The first-order valence-corrected chi connectivity index (χ1v) is 6.44. The molecule has 0 atom stereocenters. The summed E-state index contributed by atoms with van der Waals surface area (Å²) >= 11 is 0. The number of ether oxygens (including phenoxy) is 2. The molecular formula is C15H17NO4. The normalized spacial score (nSPS) is 10.6. The number of para-hydroxylation sites is 1. The van der Waals surface area contributed by atoms with Gasteiger partial charge in [-0.25, -0.2) is 9.59 Å². The second kappa shape index (κ2) is 5.77. The minimum atomic E-state index is -0.434. The molecule has 0 saturated carbocycles. The summed E-state index contributed by atoms with van der Waals surface area (Å²) in [5, 5.41) is 0.684. The first-order valence-electron chi connectivity index (χ1n) is 6.44. The van der Waals surface area contributed by atoms with Crippen LogP contribution in [-0.2, 0) is 15.9 Å². The lowest BCUT2D eigenvalue weighted by molar-refractivity contribution is 0.0592. The largest absolute Gasteiger partial charge is 0.465 e. The van der Waals surface area contributed by atoms with Gasteiger partial charge in [0.15, 0.2) is 0 Å². The number of hydrogen-bond acceptors (Lipinski definition) is 4. The molecule has 2 rings (SSSR count). The summed E-state index contributed by atoms with van der Waals surface area (Å²) in [4.78, 5) is 26.9. The number of aromatic nitrogens is 1. The predicted octanol–water partition coefficient (Wildman–Crippen LogP) is 2.69. The minimum Gasteiger partial charge on any atom is -0.465 e. The highest BCUT2D eigenvalue weighted by Gasteiger charge is 2.22. The van der Waals surface area contributed by atoms with Crippen molar-refractivity contribution in [3.63, 3.8) is 0 Å². The van der Waals surface area contributed by atoms with E-state index in [0.29, 0.717) is 28.5 Å². The standard InChI is InChI=1S/C15H17NO4/c1-4-6-11-12(15(18)20-3)9-7-5-8-10(13(9)16-11)14(17)19-2/h5,7-8,16H,4,6H2,1-3H3. The van der Waals surface area contributed by atoms with Crippen LogP contribution in [0.1, 0.15) is 39.8 Å². The number of H-pyrrole nitrogens is 1. The van der Waals surface area contributed by atoms with Crippen LogP contribution in [0.3, 0.4) is 0 Å². The zero-order valence-electron chi connectivity index (χ0n) is 11.8. The molecule has 5 heteroatoms. The van der Waals surface area contributed by atoms with E-state index in [1.54, 1.807) is 18.2 Å². The van der Waals surface area contributed by atoms with Crippen LogP contribution in [-0.4, -0.2) is 31.1 Å². The molecule has 0 fully saturated rings. The Morgan fingerprint density at radius 3 is 2.45 bits per heavy atom. The van der Waals surface area contributed by atoms with Crippen LogP contribution in [0.25, 0.3) is 10.9 Å². The molecule has 1 aromatic carbocycles. The lowest BCUT2D eigenvalue weighted by atomic mass is 10.1. The molecule has 20 heavy (non-hydrogen) atoms. The molecule has 2 aromatic rings. The van der Waals surface area contributed by atoms with Gasteiger partial charge in [-0.05, 0) is 12.5 Å². The SMILES string of the molecule is CCCc1[nH]c2c(C(=O)OC)cccc2c1C(=O)OC. The molecule has 5 nitrogen and oxygen atoms in total. The van der Waals surface area contributed by atoms with Crippen molar-refractivity contribution in [2.24, 2.45) is 0 Å². The molecule has 0 aliphatic carbocycles. The predicted molar refractivity (Wildman–Crippen MR) is 75.0 cm³/mol. The fraction of sp³-hybridized carbons (Fsp3) is 0.333. The monoisotopic (exact) mass is 275 g/mol. The van der Waals surface area contributed by atoms with E-state index < -0.39 is 11.9 Å². The highest BCUT2D eigenvalue weighted by atomic mass is 16.5. The van der Waals surface area contributed by atoms with Gasteiger partial charge in [-0.2, -0.15) is 0 Å². The van der Waals surface area contributed by atoms with E-state index in [0.717, 1.165) is 12.1 Å². The maximum atomic E-state index is 12.0. The smallest absolute Gasteiger partial charge is 0.340 e. The average molecular weight is 275 g/mol. The van der Waals surface area contributed by atoms with Gasteiger partial charge in [0.1, 0.15) is 0 Å². The average Bonchev–Trinajstić information content (AvgIpc) is 2.83. The number of aryl methyl sites for hydroxylation is 1. The third-order valence-corrected chi connectivity index (χ3v) is 3.21. The molecule has 0 amide bonds. The highest BCUT2D eigenvalue weighted by Crippen LogP contribution is 2.27. The number of fused-ring (bicyclic) bond motifs is 1. The summed E-state index contributed by atoms with van der Waals surface area (Å²) in [6, 6.07) is 5.19. The summed E-state index contributed by atoms with van der Waals surface area (Å²) in [5.74, 6) is -0.835. The first-order chi connectivity index (χ1) is 9.63. The van der Waals surface area contributed by atoms with Gasteiger partial charge < -0.3 is 14.5 Å². The van der Waals surface area contributed by atoms with Gasteiger partial charge in [-0.3, -0.25) is 0 Å². The summed E-state index contributed by atoms with van der Waals surface area (Å²) < 4.78 is 9.61. The number of nitrogens with one attached hydrogen (secondary N) is 1. The molecule has 1 aromatic heterocycles. The Bertz CT molecular complexity index is 657. The molecule has 1 heterocycles. The van der Waals surface area contributed by atoms with E-state index >= 15 is 0 Å². The molecule has 0 aliphatic heterocycles. The molecule has 0 unspecified atom stereocenters. The Hall–Kier alpha value is -2.30. The van der Waals surface area contributed by atoms with Crippen molar-refractivity contribution >= 4 is 22.8 Å². The van der Waals surface area contributed by atoms with Crippen LogP contribution in [0.15, 0.2) is 18.2 Å². The lowest BCUT2D eigenvalue weighted by Crippen LogP contribution is -2.04. The third kappa shape index (κ3) is 2.27. The molecule has 1 N–H and O–H groups in total. The Morgan fingerprint density at radius 1 is 1.15 bits per heavy atom. The number of rotatable bonds is 4. The second-order valence-corrected chi connectivity index (χ2v) is 4.44. The van der Waals surface area contributed by atoms with E-state index in [-0.39, 0.29) is 0 Å². The number of carbonyl (C=O) groups is 2. The summed E-state index contributed by atoms with van der Waals surface area (Å²) in [6.45, 7) is 2.02. The molecule has 0 radical (unpaired) electrons. The van der Waals surface area contributed by atoms with Gasteiger partial charge in [-0.15, -0.1) is 0 Å². The van der Waals surface area contributed by atoms with Crippen LogP contribution in [0.2, 0.25) is 0 Å². The quantitative estimate of drug-likeness (QED) is 0.871. The maximum Gasteiger partial charge on any atom is 0.340 e. The van der Waals surface area contributed by atoms with Crippen molar-refractivity contribution in [3.8, 4) is 0 Å². The number of esters is 2. The van der Waals surface area contributed by atoms with Gasteiger partial charge in [-0.1, -0.05) is 25.5 Å². The number of hydrogen-bond donors (Lipinski definition) is 1. The van der Waals surface area contributed by atoms with E-state index in [9.17, 15) is 9.59 Å². The van der Waals surface area contributed by atoms with E-state index in [4.69, 9.17) is 9.47 Å². The zero-order valence-corrected chi connectivity index (χ0v) is 11.8. The fourth-order valence-corrected chi connectivity index (χ4v) is 2.32. The third-order valence-electron chi connectivity index (χ3n) is 3.21. The first kappa shape index (κ1) is 14.1. The van der Waals surface area contributed by atoms with Crippen molar-refractivity contribution in [2.45, 2.75) is 19.8 Å². The van der Waals surface area contributed by atoms with Crippen molar-refractivity contribution in [1.82, 2.24) is 4.98 Å². The van der Waals surface area contributed by atoms with Crippen molar-refractivity contribution in [2.75, 3.05) is 14.2 Å². The van der Waals surface area contributed by atoms with E-state index in [2.05, 4.69) is 4.98 Å². The maximum absolute atomic E-state index is 12.0. The zero-order chi connectivity index (χ0) is 14.7. The second-order valence-electron chi connectivity index (χ2n) is 4.44. The van der Waals surface area contributed by atoms with Crippen LogP contribution >= 0.6 is 0 Å². The number of aromatic amines is 1. The Balaban J connectivity index is 2.73. The van der Waals surface area contributed by atoms with Gasteiger partial charge in [0.25, 0.3) is 0 Å². The lowest BCUT2D eigenvalue weighted by Gasteiger charge is -2.02. The summed E-state index contributed by atoms with van der Waals surface area (Å²) in [5.41, 5.74) is 2.31. The molecule has 0 spiro atoms. The molecule has 0 bridgehead atoms. The molecule has 0 aliphatic rings. The van der Waals surface area contributed by atoms with Crippen LogP contribution in [0.5, 0.6) is 0 Å². The number of benzene rings is 1. The van der Waals surface area contributed by atoms with E-state index in [1.165, 1.54) is 14.2 Å².